The van der Waals surface area contributed by atoms with E-state index in [1.807, 2.05) is 0 Å². The number of benzene rings is 1. The minimum absolute atomic E-state index is 0.0343. The second-order valence-electron chi connectivity index (χ2n) is 7.99. The van der Waals surface area contributed by atoms with Crippen LogP contribution in [0.15, 0.2) is 52.0 Å². The van der Waals surface area contributed by atoms with Gasteiger partial charge in [-0.15, -0.1) is 0 Å². The van der Waals surface area contributed by atoms with Crippen LogP contribution >= 0.6 is 0 Å². The van der Waals surface area contributed by atoms with Gasteiger partial charge in [0.25, 0.3) is 0 Å². The van der Waals surface area contributed by atoms with Gasteiger partial charge in [-0.05, 0) is 55.2 Å². The van der Waals surface area contributed by atoms with Crippen molar-refractivity contribution < 1.29 is 22.4 Å². The van der Waals surface area contributed by atoms with Gasteiger partial charge in [0.05, 0.1) is 24.2 Å². The number of carbonyl (C=O) groups is 2. The van der Waals surface area contributed by atoms with Gasteiger partial charge in [-0.1, -0.05) is 19.8 Å². The van der Waals surface area contributed by atoms with Crippen LogP contribution in [0.5, 0.6) is 0 Å². The first-order valence-corrected chi connectivity index (χ1v) is 11.9. The van der Waals surface area contributed by atoms with Gasteiger partial charge in [0.15, 0.2) is 0 Å². The Morgan fingerprint density at radius 1 is 1.13 bits per heavy atom. The molecule has 2 amide bonds. The first-order chi connectivity index (χ1) is 14.8. The van der Waals surface area contributed by atoms with Crippen molar-refractivity contribution in [3.63, 3.8) is 0 Å². The van der Waals surface area contributed by atoms with Gasteiger partial charge in [-0.2, -0.15) is 4.31 Å². The fourth-order valence-electron chi connectivity index (χ4n) is 3.81. The van der Waals surface area contributed by atoms with Gasteiger partial charge in [-0.25, -0.2) is 8.42 Å². The summed E-state index contributed by atoms with van der Waals surface area (Å²) >= 11 is 0. The van der Waals surface area contributed by atoms with Gasteiger partial charge in [0.2, 0.25) is 21.8 Å². The molecule has 1 heterocycles. The molecule has 8 nitrogen and oxygen atoms in total. The van der Waals surface area contributed by atoms with Crippen LogP contribution in [-0.4, -0.2) is 37.1 Å². The molecule has 1 aromatic carbocycles. The van der Waals surface area contributed by atoms with Crippen LogP contribution in [0, 0.1) is 5.92 Å². The third-order valence-electron chi connectivity index (χ3n) is 5.50. The Morgan fingerprint density at radius 3 is 2.45 bits per heavy atom. The third kappa shape index (κ3) is 6.18. The van der Waals surface area contributed by atoms with Crippen molar-refractivity contribution in [1.82, 2.24) is 9.62 Å². The molecule has 2 atom stereocenters. The number of sulfonamides is 1. The van der Waals surface area contributed by atoms with Crippen molar-refractivity contribution in [3.8, 4) is 0 Å². The Bertz CT molecular complexity index is 987. The van der Waals surface area contributed by atoms with Gasteiger partial charge in [-0.3, -0.25) is 9.59 Å². The summed E-state index contributed by atoms with van der Waals surface area (Å²) in [5.74, 6) is 0.235. The maximum Gasteiger partial charge on any atom is 0.243 e. The summed E-state index contributed by atoms with van der Waals surface area (Å²) in [6.07, 6.45) is 5.64. The maximum absolute atomic E-state index is 13.3. The zero-order valence-corrected chi connectivity index (χ0v) is 18.7. The van der Waals surface area contributed by atoms with E-state index in [1.54, 1.807) is 12.1 Å². The highest BCUT2D eigenvalue weighted by Gasteiger charge is 2.30. The topological polar surface area (TPSA) is 109 Å². The Kier molecular flexibility index (Phi) is 7.50. The number of hydrogen-bond donors (Lipinski definition) is 2. The average molecular weight is 448 g/mol. The molecule has 0 unspecified atom stereocenters. The second-order valence-corrected chi connectivity index (χ2v) is 9.93. The molecule has 0 radical (unpaired) electrons. The van der Waals surface area contributed by atoms with Gasteiger partial charge in [0.1, 0.15) is 5.76 Å². The van der Waals surface area contributed by atoms with E-state index in [0.29, 0.717) is 17.4 Å². The van der Waals surface area contributed by atoms with Crippen LogP contribution in [0.25, 0.3) is 0 Å². The van der Waals surface area contributed by atoms with E-state index in [9.17, 15) is 18.0 Å². The number of nitrogens with one attached hydrogen (secondary N) is 2. The number of anilines is 1. The zero-order valence-electron chi connectivity index (χ0n) is 17.8. The zero-order chi connectivity index (χ0) is 22.4. The molecule has 1 aliphatic rings. The van der Waals surface area contributed by atoms with Crippen molar-refractivity contribution in [2.45, 2.75) is 57.0 Å². The summed E-state index contributed by atoms with van der Waals surface area (Å²) in [4.78, 5) is 24.0. The SMILES string of the molecule is CC(=O)Nc1ccc(S(=O)(=O)N(CC(=O)N[C@H]2CCCC[C@@H]2C)Cc2ccco2)cc1. The predicted molar refractivity (Wildman–Crippen MR) is 117 cm³/mol. The first kappa shape index (κ1) is 23.0. The highest BCUT2D eigenvalue weighted by molar-refractivity contribution is 7.89. The van der Waals surface area contributed by atoms with E-state index in [2.05, 4.69) is 17.6 Å². The molecule has 31 heavy (non-hydrogen) atoms. The summed E-state index contributed by atoms with van der Waals surface area (Å²) in [7, 11) is -3.97. The summed E-state index contributed by atoms with van der Waals surface area (Å²) in [5.41, 5.74) is 0.494. The monoisotopic (exact) mass is 447 g/mol. The normalized spacial score (nSPS) is 19.2. The highest BCUT2D eigenvalue weighted by Crippen LogP contribution is 2.24. The molecule has 0 saturated heterocycles. The number of amides is 2. The Labute approximate surface area is 183 Å². The number of nitrogens with zero attached hydrogens (tertiary/aromatic N) is 1. The molecular formula is C22H29N3O5S. The summed E-state index contributed by atoms with van der Waals surface area (Å²) in [5, 5.41) is 5.61. The van der Waals surface area contributed by atoms with Crippen molar-refractivity contribution >= 4 is 27.5 Å². The molecule has 2 aromatic rings. The lowest BCUT2D eigenvalue weighted by Crippen LogP contribution is -2.46. The van der Waals surface area contributed by atoms with E-state index in [4.69, 9.17) is 4.42 Å². The quantitative estimate of drug-likeness (QED) is 0.646. The van der Waals surface area contributed by atoms with Crippen molar-refractivity contribution in [2.24, 2.45) is 5.92 Å². The molecule has 1 aliphatic carbocycles. The molecule has 0 bridgehead atoms. The van der Waals surface area contributed by atoms with E-state index in [1.165, 1.54) is 37.5 Å². The van der Waals surface area contributed by atoms with Gasteiger partial charge >= 0.3 is 0 Å². The summed E-state index contributed by atoms with van der Waals surface area (Å²) < 4.78 is 33.0. The fourth-order valence-corrected chi connectivity index (χ4v) is 5.17. The minimum Gasteiger partial charge on any atom is -0.468 e. The maximum atomic E-state index is 13.3. The lowest BCUT2D eigenvalue weighted by molar-refractivity contribution is -0.122. The molecule has 9 heteroatoms. The Morgan fingerprint density at radius 2 is 1.84 bits per heavy atom. The van der Waals surface area contributed by atoms with E-state index in [-0.39, 0.29) is 35.8 Å². The number of furan rings is 1. The van der Waals surface area contributed by atoms with Crippen molar-refractivity contribution in [1.29, 1.82) is 0 Å². The van der Waals surface area contributed by atoms with Crippen LogP contribution in [0.2, 0.25) is 0 Å². The molecule has 1 saturated carbocycles. The third-order valence-corrected chi connectivity index (χ3v) is 7.31. The summed E-state index contributed by atoms with van der Waals surface area (Å²) in [6, 6.07) is 9.27. The van der Waals surface area contributed by atoms with E-state index in [0.717, 1.165) is 30.0 Å². The lowest BCUT2D eigenvalue weighted by atomic mass is 9.86. The highest BCUT2D eigenvalue weighted by atomic mass is 32.2. The largest absolute Gasteiger partial charge is 0.468 e. The Balaban J connectivity index is 1.78. The lowest BCUT2D eigenvalue weighted by Gasteiger charge is -2.30. The van der Waals surface area contributed by atoms with Crippen LogP contribution in [0.4, 0.5) is 5.69 Å². The van der Waals surface area contributed by atoms with Crippen molar-refractivity contribution in [3.05, 3.63) is 48.4 Å². The van der Waals surface area contributed by atoms with Crippen LogP contribution < -0.4 is 10.6 Å². The number of rotatable bonds is 8. The predicted octanol–water partition coefficient (Wildman–Crippen LogP) is 3.12. The standard InChI is InChI=1S/C22H29N3O5S/c1-16-6-3-4-8-21(16)24-22(27)15-25(14-19-7-5-13-30-19)31(28,29)20-11-9-18(10-12-20)23-17(2)26/h5,7,9-13,16,21H,3-4,6,8,14-15H2,1-2H3,(H,23,26)(H,24,27)/t16-,21-/m0/s1. The molecule has 168 valence electrons. The van der Waals surface area contributed by atoms with E-state index < -0.39 is 10.0 Å². The molecule has 1 aromatic heterocycles. The van der Waals surface area contributed by atoms with Crippen LogP contribution in [0.3, 0.4) is 0 Å². The molecule has 1 fully saturated rings. The molecule has 0 aliphatic heterocycles. The number of hydrogen-bond acceptors (Lipinski definition) is 5. The summed E-state index contributed by atoms with van der Waals surface area (Å²) in [6.45, 7) is 3.12. The molecular weight excluding hydrogens is 418 g/mol. The Hall–Kier alpha value is -2.65. The fraction of sp³-hybridized carbons (Fsp3) is 0.455. The molecule has 3 rings (SSSR count). The van der Waals surface area contributed by atoms with Crippen LogP contribution in [-0.2, 0) is 26.2 Å². The minimum atomic E-state index is -3.97. The van der Waals surface area contributed by atoms with Gasteiger partial charge < -0.3 is 15.1 Å². The average Bonchev–Trinajstić information content (AvgIpc) is 3.22. The van der Waals surface area contributed by atoms with Crippen molar-refractivity contribution in [2.75, 3.05) is 11.9 Å². The second kappa shape index (κ2) is 10.1. The molecule has 0 spiro atoms. The van der Waals surface area contributed by atoms with Gasteiger partial charge in [0, 0.05) is 18.7 Å². The number of carbonyl (C=O) groups excluding carboxylic acids is 2. The molecule has 2 N–H and O–H groups in total. The van der Waals surface area contributed by atoms with E-state index >= 15 is 0 Å². The first-order valence-electron chi connectivity index (χ1n) is 10.5. The van der Waals surface area contributed by atoms with Crippen LogP contribution in [0.1, 0.15) is 45.3 Å². The smallest absolute Gasteiger partial charge is 0.243 e.